The van der Waals surface area contributed by atoms with E-state index in [1.165, 1.54) is 9.13 Å². The molecule has 2 heterocycles. The first-order valence-corrected chi connectivity index (χ1v) is 12.5. The Bertz CT molecular complexity index is 1410. The number of nitrogens with one attached hydrogen (secondary N) is 3. The van der Waals surface area contributed by atoms with Crippen molar-refractivity contribution in [2.45, 2.75) is 39.8 Å². The maximum atomic E-state index is 12.9. The predicted octanol–water partition coefficient (Wildman–Crippen LogP) is 0.261. The summed E-state index contributed by atoms with van der Waals surface area (Å²) in [4.78, 5) is 45.0. The molecule has 1 amide bonds. The molecule has 0 aliphatic rings. The zero-order chi connectivity index (χ0) is 25.6. The molecule has 4 N–H and O–H groups in total. The van der Waals surface area contributed by atoms with Crippen molar-refractivity contribution in [1.29, 1.82) is 0 Å². The van der Waals surface area contributed by atoms with Gasteiger partial charge in [-0.25, -0.2) is 9.78 Å². The molecular weight excluding hydrogens is 480 g/mol. The highest BCUT2D eigenvalue weighted by molar-refractivity contribution is 7.83. The van der Waals surface area contributed by atoms with Gasteiger partial charge in [-0.15, -0.1) is 0 Å². The lowest BCUT2D eigenvalue weighted by atomic mass is 10.2. The van der Waals surface area contributed by atoms with E-state index < -0.39 is 21.8 Å². The van der Waals surface area contributed by atoms with E-state index >= 15 is 0 Å². The number of imidazole rings is 1. The molecule has 0 bridgehead atoms. The average Bonchev–Trinajstić information content (AvgIpc) is 3.26. The van der Waals surface area contributed by atoms with Gasteiger partial charge in [0.15, 0.2) is 12.3 Å². The summed E-state index contributed by atoms with van der Waals surface area (Å²) >= 11 is 0. The minimum Gasteiger partial charge on any atom is -0.484 e. The summed E-state index contributed by atoms with van der Waals surface area (Å²) in [5, 5.41) is 2.44. The molecule has 2 aromatic heterocycles. The van der Waals surface area contributed by atoms with Crippen LogP contribution in [0.2, 0.25) is 0 Å². The predicted molar refractivity (Wildman–Crippen MR) is 129 cm³/mol. The van der Waals surface area contributed by atoms with Crippen LogP contribution in [0.1, 0.15) is 26.7 Å². The van der Waals surface area contributed by atoms with E-state index in [1.54, 1.807) is 24.3 Å². The molecule has 13 nitrogen and oxygen atoms in total. The summed E-state index contributed by atoms with van der Waals surface area (Å²) in [6, 6.07) is 6.66. The highest BCUT2D eigenvalue weighted by Crippen LogP contribution is 2.21. The Labute approximate surface area is 201 Å². The molecule has 3 aromatic rings. The van der Waals surface area contributed by atoms with Crippen molar-refractivity contribution in [1.82, 2.24) is 29.1 Å². The molecule has 0 atom stereocenters. The van der Waals surface area contributed by atoms with Crippen LogP contribution in [-0.4, -0.2) is 57.7 Å². The number of aryl methyl sites for hydroxylation is 1. The average molecular weight is 509 g/mol. The van der Waals surface area contributed by atoms with Gasteiger partial charge < -0.3 is 15.0 Å². The highest BCUT2D eigenvalue weighted by atomic mass is 32.2. The number of carbonyl (C=O) groups excluding carboxylic acids is 1. The second kappa shape index (κ2) is 11.3. The molecule has 0 unspecified atom stereocenters. The Morgan fingerprint density at radius 1 is 1.09 bits per heavy atom. The van der Waals surface area contributed by atoms with Crippen molar-refractivity contribution < 1.29 is 22.5 Å². The third-order valence-electron chi connectivity index (χ3n) is 4.98. The molecule has 0 aliphatic heterocycles. The first-order chi connectivity index (χ1) is 16.6. The molecule has 14 heteroatoms. The minimum absolute atomic E-state index is 0.0178. The van der Waals surface area contributed by atoms with Gasteiger partial charge in [-0.3, -0.25) is 23.3 Å². The smallest absolute Gasteiger partial charge is 0.333 e. The summed E-state index contributed by atoms with van der Waals surface area (Å²) in [7, 11) is -4.30. The monoisotopic (exact) mass is 508 g/mol. The Morgan fingerprint density at radius 3 is 2.37 bits per heavy atom. The molecule has 0 saturated heterocycles. The maximum Gasteiger partial charge on any atom is 0.333 e. The van der Waals surface area contributed by atoms with E-state index in [0.717, 1.165) is 0 Å². The molecule has 0 saturated carbocycles. The van der Waals surface area contributed by atoms with Crippen molar-refractivity contribution in [2.24, 2.45) is 0 Å². The van der Waals surface area contributed by atoms with Crippen molar-refractivity contribution in [3.63, 3.8) is 0 Å². The van der Waals surface area contributed by atoms with Crippen LogP contribution >= 0.6 is 0 Å². The van der Waals surface area contributed by atoms with Crippen LogP contribution in [0.15, 0.2) is 33.9 Å². The lowest BCUT2D eigenvalue weighted by Crippen LogP contribution is -2.40. The molecule has 0 radical (unpaired) electrons. The number of aromatic amines is 1. The van der Waals surface area contributed by atoms with E-state index in [4.69, 9.17) is 9.29 Å². The maximum absolute atomic E-state index is 12.9. The molecule has 0 aliphatic carbocycles. The number of H-pyrrole nitrogens is 1. The summed E-state index contributed by atoms with van der Waals surface area (Å²) in [5.74, 6) is 0.358. The summed E-state index contributed by atoms with van der Waals surface area (Å²) in [6.45, 7) is 4.12. The lowest BCUT2D eigenvalue weighted by Gasteiger charge is -2.09. The molecule has 35 heavy (non-hydrogen) atoms. The number of nitrogens with zero attached hydrogens (tertiary/aromatic N) is 3. The van der Waals surface area contributed by atoms with Crippen LogP contribution in [0.4, 0.5) is 0 Å². The summed E-state index contributed by atoms with van der Waals surface area (Å²) in [6.07, 6.45) is 1.35. The van der Waals surface area contributed by atoms with Crippen molar-refractivity contribution in [2.75, 3.05) is 19.7 Å². The van der Waals surface area contributed by atoms with Gasteiger partial charge in [0.05, 0.1) is 0 Å². The Morgan fingerprint density at radius 2 is 1.74 bits per heavy atom. The third-order valence-corrected chi connectivity index (χ3v) is 5.55. The first-order valence-electron chi connectivity index (χ1n) is 11.1. The number of ether oxygens (including phenoxy) is 1. The molecule has 1 aromatic carbocycles. The van der Waals surface area contributed by atoms with E-state index in [9.17, 15) is 22.8 Å². The molecule has 3 rings (SSSR count). The van der Waals surface area contributed by atoms with Crippen LogP contribution in [0, 0.1) is 0 Å². The number of amides is 1. The van der Waals surface area contributed by atoms with Crippen molar-refractivity contribution in [3.8, 4) is 17.1 Å². The van der Waals surface area contributed by atoms with E-state index in [2.05, 4.69) is 15.3 Å². The topological polar surface area (TPSA) is 177 Å². The fraction of sp³-hybridized carbons (Fsp3) is 0.429. The largest absolute Gasteiger partial charge is 0.484 e. The van der Waals surface area contributed by atoms with Crippen LogP contribution in [0.3, 0.4) is 0 Å². The second-order valence-corrected chi connectivity index (χ2v) is 8.95. The quantitative estimate of drug-likeness (QED) is 0.199. The Hall–Kier alpha value is -3.49. The highest BCUT2D eigenvalue weighted by Gasteiger charge is 2.17. The van der Waals surface area contributed by atoms with Crippen LogP contribution in [0.25, 0.3) is 22.6 Å². The van der Waals surface area contributed by atoms with Gasteiger partial charge in [0.1, 0.15) is 17.1 Å². The van der Waals surface area contributed by atoms with Gasteiger partial charge >= 0.3 is 16.0 Å². The molecule has 0 fully saturated rings. The van der Waals surface area contributed by atoms with Gasteiger partial charge in [0, 0.05) is 31.7 Å². The SMILES string of the molecule is CCCn1c(=O)c2[nH]c(-c3ccc(OCC(=O)NCCNS(=O)(=O)O)cc3)nc2n(CCC)c1=O. The number of benzene rings is 1. The van der Waals surface area contributed by atoms with Crippen LogP contribution < -0.4 is 26.0 Å². The zero-order valence-electron chi connectivity index (χ0n) is 19.4. The van der Waals surface area contributed by atoms with E-state index in [1.807, 2.05) is 18.6 Å². The number of hydrogen-bond donors (Lipinski definition) is 4. The van der Waals surface area contributed by atoms with Gasteiger partial charge in [-0.2, -0.15) is 13.1 Å². The first kappa shape index (κ1) is 26.1. The minimum atomic E-state index is -4.30. The van der Waals surface area contributed by atoms with E-state index in [-0.39, 0.29) is 30.9 Å². The van der Waals surface area contributed by atoms with E-state index in [0.29, 0.717) is 48.7 Å². The number of carbonyl (C=O) groups is 1. The van der Waals surface area contributed by atoms with Crippen molar-refractivity contribution >= 4 is 27.4 Å². The van der Waals surface area contributed by atoms with Crippen molar-refractivity contribution in [3.05, 3.63) is 45.1 Å². The molecular formula is C21H28N6O7S. The zero-order valence-corrected chi connectivity index (χ0v) is 20.2. The van der Waals surface area contributed by atoms with Crippen LogP contribution in [-0.2, 0) is 28.2 Å². The number of aromatic nitrogens is 4. The summed E-state index contributed by atoms with van der Waals surface area (Å²) in [5.41, 5.74) is 0.452. The normalized spacial score (nSPS) is 11.6. The molecule has 190 valence electrons. The standard InChI is InChI=1S/C21H28N6O7S/c1-3-11-26-19-17(20(29)27(12-4-2)21(26)30)24-18(25-19)14-5-7-15(8-6-14)34-13-16(28)22-9-10-23-35(31,32)33/h5-8,23H,3-4,9-13H2,1-2H3,(H,22,28)(H,24,25)(H,31,32,33). The fourth-order valence-electron chi connectivity index (χ4n) is 3.44. The third kappa shape index (κ3) is 6.55. The Kier molecular flexibility index (Phi) is 8.43. The Balaban J connectivity index is 1.72. The summed E-state index contributed by atoms with van der Waals surface area (Å²) < 4.78 is 39.7. The lowest BCUT2D eigenvalue weighted by molar-refractivity contribution is -0.123. The van der Waals surface area contributed by atoms with Gasteiger partial charge in [0.2, 0.25) is 0 Å². The fourth-order valence-corrected chi connectivity index (χ4v) is 3.80. The van der Waals surface area contributed by atoms with Crippen LogP contribution in [0.5, 0.6) is 5.75 Å². The molecule has 0 spiro atoms. The second-order valence-electron chi connectivity index (χ2n) is 7.71. The number of fused-ring (bicyclic) bond motifs is 1. The van der Waals surface area contributed by atoms with Gasteiger partial charge in [0.25, 0.3) is 11.5 Å². The van der Waals surface area contributed by atoms with Gasteiger partial charge in [-0.05, 0) is 37.1 Å². The number of hydrogen-bond acceptors (Lipinski definition) is 7. The van der Waals surface area contributed by atoms with Gasteiger partial charge in [-0.1, -0.05) is 13.8 Å². The number of rotatable bonds is 12.